The van der Waals surface area contributed by atoms with Gasteiger partial charge in [0.05, 0.1) is 18.6 Å². The fourth-order valence-corrected chi connectivity index (χ4v) is 4.78. The van der Waals surface area contributed by atoms with E-state index in [0.29, 0.717) is 16.5 Å². The second kappa shape index (κ2) is 9.01. The molecule has 0 saturated heterocycles. The van der Waals surface area contributed by atoms with Crippen molar-refractivity contribution in [2.75, 3.05) is 11.9 Å². The monoisotopic (exact) mass is 400 g/mol. The number of ether oxygens (including phenoxy) is 1. The molecular formula is C21H24N2O4S. The van der Waals surface area contributed by atoms with E-state index in [1.165, 1.54) is 11.3 Å². The number of hydrogen-bond acceptors (Lipinski definition) is 5. The summed E-state index contributed by atoms with van der Waals surface area (Å²) in [6, 6.07) is 9.43. The highest BCUT2D eigenvalue weighted by Crippen LogP contribution is 2.39. The lowest BCUT2D eigenvalue weighted by atomic mass is 9.88. The number of alkyl carbamates (subject to hydrolysis) is 1. The summed E-state index contributed by atoms with van der Waals surface area (Å²) in [6.45, 7) is 4.03. The molecule has 0 aliphatic heterocycles. The van der Waals surface area contributed by atoms with Gasteiger partial charge in [-0.3, -0.25) is 14.9 Å². The van der Waals surface area contributed by atoms with Gasteiger partial charge in [0.25, 0.3) is 5.91 Å². The summed E-state index contributed by atoms with van der Waals surface area (Å²) in [7, 11) is 0. The molecule has 6 nitrogen and oxygen atoms in total. The van der Waals surface area contributed by atoms with Gasteiger partial charge in [-0.1, -0.05) is 37.3 Å². The summed E-state index contributed by atoms with van der Waals surface area (Å²) >= 11 is 1.43. The van der Waals surface area contributed by atoms with Crippen molar-refractivity contribution in [3.63, 3.8) is 0 Å². The Morgan fingerprint density at radius 1 is 1.21 bits per heavy atom. The number of anilines is 1. The zero-order chi connectivity index (χ0) is 20.1. The van der Waals surface area contributed by atoms with E-state index in [1.807, 2.05) is 30.3 Å². The van der Waals surface area contributed by atoms with Gasteiger partial charge in [0, 0.05) is 4.88 Å². The Balaban J connectivity index is 1.83. The number of carbonyl (C=O) groups excluding carboxylic acids is 3. The molecule has 1 heterocycles. The van der Waals surface area contributed by atoms with Crippen LogP contribution in [-0.4, -0.2) is 24.5 Å². The first kappa shape index (κ1) is 20.1. The summed E-state index contributed by atoms with van der Waals surface area (Å²) < 4.78 is 4.82. The maximum atomic E-state index is 12.7. The summed E-state index contributed by atoms with van der Waals surface area (Å²) in [5.74, 6) is -0.191. The van der Waals surface area contributed by atoms with Crippen LogP contribution in [0.25, 0.3) is 0 Å². The van der Waals surface area contributed by atoms with Crippen LogP contribution in [0, 0.1) is 5.92 Å². The van der Waals surface area contributed by atoms with Gasteiger partial charge < -0.3 is 10.1 Å². The van der Waals surface area contributed by atoms with Crippen molar-refractivity contribution in [3.05, 3.63) is 51.9 Å². The highest BCUT2D eigenvalue weighted by atomic mass is 32.1. The number of fused-ring (bicyclic) bond motifs is 1. The van der Waals surface area contributed by atoms with Crippen molar-refractivity contribution in [2.24, 2.45) is 5.92 Å². The molecular weight excluding hydrogens is 376 g/mol. The van der Waals surface area contributed by atoms with E-state index >= 15 is 0 Å². The summed E-state index contributed by atoms with van der Waals surface area (Å²) in [5.41, 5.74) is 2.22. The molecule has 7 heteroatoms. The van der Waals surface area contributed by atoms with Crippen LogP contribution in [0.2, 0.25) is 0 Å². The molecule has 148 valence electrons. The van der Waals surface area contributed by atoms with E-state index in [0.717, 1.165) is 35.3 Å². The fraction of sp³-hybridized carbons (Fsp3) is 0.381. The van der Waals surface area contributed by atoms with E-state index in [2.05, 4.69) is 17.6 Å². The Hall–Kier alpha value is -2.67. The number of thiophene rings is 1. The minimum Gasteiger partial charge on any atom is -0.450 e. The molecule has 1 aliphatic rings. The molecule has 28 heavy (non-hydrogen) atoms. The number of carbonyl (C=O) groups is 3. The molecule has 0 fully saturated rings. The van der Waals surface area contributed by atoms with Crippen LogP contribution in [0.3, 0.4) is 0 Å². The topological polar surface area (TPSA) is 84.5 Å². The van der Waals surface area contributed by atoms with Crippen molar-refractivity contribution in [2.45, 2.75) is 39.5 Å². The van der Waals surface area contributed by atoms with Crippen LogP contribution < -0.4 is 10.6 Å². The van der Waals surface area contributed by atoms with Gasteiger partial charge in [-0.05, 0) is 43.2 Å². The van der Waals surface area contributed by atoms with Crippen molar-refractivity contribution >= 4 is 34.2 Å². The lowest BCUT2D eigenvalue weighted by Gasteiger charge is -2.18. The first-order valence-corrected chi connectivity index (χ1v) is 10.3. The van der Waals surface area contributed by atoms with Gasteiger partial charge in [-0.15, -0.1) is 11.3 Å². The van der Waals surface area contributed by atoms with E-state index in [9.17, 15) is 14.4 Å². The standard InChI is InChI=1S/C21H24N2O4S/c1-3-27-21(26)23-19(25)18-15-10-9-13(2)11-16(15)28-20(18)22-17(24)12-14-7-5-4-6-8-14/h4-8,13H,3,9-12H2,1-2H3,(H,22,24)(H,23,25,26)/t13-/m1/s1. The van der Waals surface area contributed by atoms with Gasteiger partial charge in [0.1, 0.15) is 5.00 Å². The number of rotatable bonds is 5. The predicted octanol–water partition coefficient (Wildman–Crippen LogP) is 3.94. The third-order valence-electron chi connectivity index (χ3n) is 4.69. The van der Waals surface area contributed by atoms with Crippen molar-refractivity contribution in [1.29, 1.82) is 0 Å². The van der Waals surface area contributed by atoms with Gasteiger partial charge >= 0.3 is 6.09 Å². The second-order valence-electron chi connectivity index (χ2n) is 6.94. The Bertz CT molecular complexity index is 876. The van der Waals surface area contributed by atoms with Crippen molar-refractivity contribution in [3.8, 4) is 0 Å². The van der Waals surface area contributed by atoms with Crippen LogP contribution in [0.5, 0.6) is 0 Å². The minimum absolute atomic E-state index is 0.180. The number of hydrogen-bond donors (Lipinski definition) is 2. The minimum atomic E-state index is -0.779. The smallest absolute Gasteiger partial charge is 0.414 e. The molecule has 0 unspecified atom stereocenters. The van der Waals surface area contributed by atoms with Crippen LogP contribution in [0.15, 0.2) is 30.3 Å². The van der Waals surface area contributed by atoms with E-state index in [1.54, 1.807) is 6.92 Å². The lowest BCUT2D eigenvalue weighted by molar-refractivity contribution is -0.115. The molecule has 1 aromatic carbocycles. The van der Waals surface area contributed by atoms with E-state index in [-0.39, 0.29) is 18.9 Å². The molecule has 0 spiro atoms. The number of nitrogens with one attached hydrogen (secondary N) is 2. The number of imide groups is 1. The Labute approximate surface area is 168 Å². The molecule has 0 radical (unpaired) electrons. The Morgan fingerprint density at radius 2 is 1.96 bits per heavy atom. The molecule has 3 rings (SSSR count). The molecule has 0 bridgehead atoms. The van der Waals surface area contributed by atoms with Crippen molar-refractivity contribution < 1.29 is 19.1 Å². The van der Waals surface area contributed by atoms with Crippen LogP contribution in [0.4, 0.5) is 9.80 Å². The Kier molecular flexibility index (Phi) is 6.46. The third kappa shape index (κ3) is 4.78. The molecule has 1 atom stereocenters. The summed E-state index contributed by atoms with van der Waals surface area (Å²) in [4.78, 5) is 38.1. The van der Waals surface area contributed by atoms with Crippen LogP contribution in [-0.2, 0) is 28.8 Å². The quantitative estimate of drug-likeness (QED) is 0.796. The molecule has 3 amide bonds. The average Bonchev–Trinajstić information content (AvgIpc) is 2.99. The maximum absolute atomic E-state index is 12.7. The second-order valence-corrected chi connectivity index (χ2v) is 8.05. The normalized spacial score (nSPS) is 15.4. The van der Waals surface area contributed by atoms with Gasteiger partial charge in [0.15, 0.2) is 0 Å². The van der Waals surface area contributed by atoms with E-state index in [4.69, 9.17) is 4.74 Å². The first-order valence-electron chi connectivity index (χ1n) is 9.44. The van der Waals surface area contributed by atoms with Crippen molar-refractivity contribution in [1.82, 2.24) is 5.32 Å². The fourth-order valence-electron chi connectivity index (χ4n) is 3.35. The zero-order valence-corrected chi connectivity index (χ0v) is 16.9. The summed E-state index contributed by atoms with van der Waals surface area (Å²) in [6.07, 6.45) is 2.04. The summed E-state index contributed by atoms with van der Waals surface area (Å²) in [5, 5.41) is 5.65. The largest absolute Gasteiger partial charge is 0.450 e. The van der Waals surface area contributed by atoms with E-state index < -0.39 is 12.0 Å². The molecule has 1 aliphatic carbocycles. The van der Waals surface area contributed by atoms with Gasteiger partial charge in [-0.2, -0.15) is 0 Å². The maximum Gasteiger partial charge on any atom is 0.414 e. The number of amides is 3. The van der Waals surface area contributed by atoms with Gasteiger partial charge in [-0.25, -0.2) is 4.79 Å². The third-order valence-corrected chi connectivity index (χ3v) is 5.86. The highest BCUT2D eigenvalue weighted by molar-refractivity contribution is 7.17. The predicted molar refractivity (Wildman–Crippen MR) is 109 cm³/mol. The Morgan fingerprint density at radius 3 is 2.68 bits per heavy atom. The van der Waals surface area contributed by atoms with Gasteiger partial charge in [0.2, 0.25) is 5.91 Å². The highest BCUT2D eigenvalue weighted by Gasteiger charge is 2.29. The van der Waals surface area contributed by atoms with Crippen LogP contribution >= 0.6 is 11.3 Å². The zero-order valence-electron chi connectivity index (χ0n) is 16.0. The molecule has 0 saturated carbocycles. The molecule has 2 N–H and O–H groups in total. The molecule has 1 aromatic heterocycles. The molecule has 2 aromatic rings. The lowest BCUT2D eigenvalue weighted by Crippen LogP contribution is -2.32. The number of benzene rings is 1. The SMILES string of the molecule is CCOC(=O)NC(=O)c1c(NC(=O)Cc2ccccc2)sc2c1CC[C@@H](C)C2. The first-order chi connectivity index (χ1) is 13.5. The van der Waals surface area contributed by atoms with Crippen LogP contribution in [0.1, 0.15) is 46.6 Å². The average molecular weight is 401 g/mol.